The normalized spacial score (nSPS) is 17.5. The number of benzene rings is 3. The standard InChI is InChI=1S/C33H40N4O3/c1-23(26-17-16-25-13-8-9-14-27(25)22-26)30(36(4)29(38)15-10-18-33(2,3)34)32(40)37-20-19-35-31(39)28(37)21-24-11-6-5-7-12-24/h5-17,22-23,28,30H,18-21,34H2,1-4H3,(H,35,39)/b15-10+/t23?,28?,30-/m1/s1. The van der Waals surface area contributed by atoms with E-state index in [0.29, 0.717) is 25.9 Å². The molecule has 3 amide bonds. The Morgan fingerprint density at radius 2 is 1.75 bits per heavy atom. The van der Waals surface area contributed by atoms with E-state index in [-0.39, 0.29) is 23.6 Å². The molecule has 1 aliphatic rings. The van der Waals surface area contributed by atoms with Gasteiger partial charge in [0.1, 0.15) is 12.1 Å². The molecule has 0 saturated carbocycles. The van der Waals surface area contributed by atoms with Crippen molar-refractivity contribution >= 4 is 28.5 Å². The first-order valence-corrected chi connectivity index (χ1v) is 13.9. The Balaban J connectivity index is 1.69. The second-order valence-electron chi connectivity index (χ2n) is 11.4. The lowest BCUT2D eigenvalue weighted by atomic mass is 9.88. The Morgan fingerprint density at radius 3 is 2.45 bits per heavy atom. The molecule has 3 aromatic rings. The molecule has 0 aliphatic carbocycles. The van der Waals surface area contributed by atoms with Gasteiger partial charge >= 0.3 is 0 Å². The number of carbonyl (C=O) groups is 3. The Kier molecular flexibility index (Phi) is 9.05. The summed E-state index contributed by atoms with van der Waals surface area (Å²) in [6.45, 7) is 6.51. The monoisotopic (exact) mass is 540 g/mol. The quantitative estimate of drug-likeness (QED) is 0.401. The molecule has 40 heavy (non-hydrogen) atoms. The van der Waals surface area contributed by atoms with Crippen LogP contribution in [0.1, 0.15) is 44.2 Å². The average Bonchev–Trinajstić information content (AvgIpc) is 2.93. The van der Waals surface area contributed by atoms with Crippen molar-refractivity contribution in [3.8, 4) is 0 Å². The summed E-state index contributed by atoms with van der Waals surface area (Å²) in [6, 6.07) is 22.4. The van der Waals surface area contributed by atoms with E-state index in [1.54, 1.807) is 18.0 Å². The zero-order valence-electron chi connectivity index (χ0n) is 23.8. The Morgan fingerprint density at radius 1 is 1.07 bits per heavy atom. The molecule has 210 valence electrons. The fourth-order valence-corrected chi connectivity index (χ4v) is 5.30. The van der Waals surface area contributed by atoms with E-state index in [0.717, 1.165) is 21.9 Å². The molecular weight excluding hydrogens is 500 g/mol. The predicted octanol–water partition coefficient (Wildman–Crippen LogP) is 4.02. The molecule has 1 heterocycles. The molecule has 3 N–H and O–H groups in total. The van der Waals surface area contributed by atoms with Crippen LogP contribution in [0.5, 0.6) is 0 Å². The van der Waals surface area contributed by atoms with Crippen LogP contribution in [0.15, 0.2) is 84.9 Å². The smallest absolute Gasteiger partial charge is 0.246 e. The summed E-state index contributed by atoms with van der Waals surface area (Å²) < 4.78 is 0. The first-order valence-electron chi connectivity index (χ1n) is 13.9. The topological polar surface area (TPSA) is 95.7 Å². The van der Waals surface area contributed by atoms with E-state index in [1.807, 2.05) is 87.5 Å². The number of carbonyl (C=O) groups excluding carboxylic acids is 3. The van der Waals surface area contributed by atoms with Crippen LogP contribution in [0.4, 0.5) is 0 Å². The van der Waals surface area contributed by atoms with Crippen molar-refractivity contribution in [2.45, 2.75) is 57.2 Å². The van der Waals surface area contributed by atoms with Crippen LogP contribution in [0, 0.1) is 0 Å². The van der Waals surface area contributed by atoms with Crippen molar-refractivity contribution in [2.24, 2.45) is 5.73 Å². The number of hydrogen-bond donors (Lipinski definition) is 2. The van der Waals surface area contributed by atoms with E-state index >= 15 is 0 Å². The van der Waals surface area contributed by atoms with E-state index in [2.05, 4.69) is 11.4 Å². The minimum absolute atomic E-state index is 0.181. The van der Waals surface area contributed by atoms with Gasteiger partial charge in [-0.1, -0.05) is 85.8 Å². The fraction of sp³-hybridized carbons (Fsp3) is 0.364. The summed E-state index contributed by atoms with van der Waals surface area (Å²) >= 11 is 0. The minimum Gasteiger partial charge on any atom is -0.353 e. The largest absolute Gasteiger partial charge is 0.353 e. The maximum atomic E-state index is 14.4. The Bertz CT molecular complexity index is 1380. The molecule has 0 spiro atoms. The molecule has 1 aliphatic heterocycles. The Hall–Kier alpha value is -3.97. The maximum Gasteiger partial charge on any atom is 0.246 e. The van der Waals surface area contributed by atoms with Crippen molar-refractivity contribution in [3.05, 3.63) is 96.1 Å². The van der Waals surface area contributed by atoms with E-state index in [4.69, 9.17) is 5.73 Å². The molecular formula is C33H40N4O3. The van der Waals surface area contributed by atoms with Crippen molar-refractivity contribution < 1.29 is 14.4 Å². The summed E-state index contributed by atoms with van der Waals surface area (Å²) in [5.41, 5.74) is 7.56. The maximum absolute atomic E-state index is 14.4. The lowest BCUT2D eigenvalue weighted by Crippen LogP contribution is -2.62. The summed E-state index contributed by atoms with van der Waals surface area (Å²) in [4.78, 5) is 44.0. The van der Waals surface area contributed by atoms with Gasteiger partial charge in [-0.15, -0.1) is 0 Å². The van der Waals surface area contributed by atoms with Gasteiger partial charge in [-0.3, -0.25) is 14.4 Å². The van der Waals surface area contributed by atoms with E-state index in [9.17, 15) is 14.4 Å². The highest BCUT2D eigenvalue weighted by Gasteiger charge is 2.41. The third kappa shape index (κ3) is 6.96. The molecule has 4 rings (SSSR count). The highest BCUT2D eigenvalue weighted by molar-refractivity contribution is 5.96. The van der Waals surface area contributed by atoms with Gasteiger partial charge < -0.3 is 20.9 Å². The zero-order chi connectivity index (χ0) is 28.9. The number of likely N-dealkylation sites (N-methyl/N-ethyl adjacent to an activating group) is 1. The molecule has 3 aromatic carbocycles. The van der Waals surface area contributed by atoms with E-state index < -0.39 is 17.6 Å². The summed E-state index contributed by atoms with van der Waals surface area (Å²) in [6.07, 6.45) is 4.18. The van der Waals surface area contributed by atoms with Crippen molar-refractivity contribution in [1.82, 2.24) is 15.1 Å². The molecule has 3 atom stereocenters. The number of rotatable bonds is 9. The number of nitrogens with two attached hydrogens (primary N) is 1. The van der Waals surface area contributed by atoms with Crippen LogP contribution in [0.25, 0.3) is 10.8 Å². The molecule has 7 nitrogen and oxygen atoms in total. The van der Waals surface area contributed by atoms with Gasteiger partial charge in [-0.05, 0) is 48.2 Å². The second kappa shape index (κ2) is 12.5. The van der Waals surface area contributed by atoms with E-state index in [1.165, 1.54) is 11.0 Å². The minimum atomic E-state index is -0.812. The predicted molar refractivity (Wildman–Crippen MR) is 160 cm³/mol. The molecule has 0 radical (unpaired) electrons. The van der Waals surface area contributed by atoms with Crippen LogP contribution in [-0.4, -0.2) is 65.3 Å². The number of fused-ring (bicyclic) bond motifs is 1. The molecule has 1 fully saturated rings. The van der Waals surface area contributed by atoms with Crippen molar-refractivity contribution in [2.75, 3.05) is 20.1 Å². The average molecular weight is 541 g/mol. The van der Waals surface area contributed by atoms with Gasteiger partial charge in [0, 0.05) is 38.0 Å². The molecule has 1 saturated heterocycles. The van der Waals surface area contributed by atoms with Gasteiger partial charge in [-0.2, -0.15) is 0 Å². The van der Waals surface area contributed by atoms with Gasteiger partial charge in [0.25, 0.3) is 0 Å². The lowest BCUT2D eigenvalue weighted by molar-refractivity contribution is -0.150. The van der Waals surface area contributed by atoms with Crippen LogP contribution in [0.2, 0.25) is 0 Å². The zero-order valence-corrected chi connectivity index (χ0v) is 23.8. The number of nitrogens with zero attached hydrogens (tertiary/aromatic N) is 2. The fourth-order valence-electron chi connectivity index (χ4n) is 5.30. The summed E-state index contributed by atoms with van der Waals surface area (Å²) in [5, 5.41) is 5.09. The van der Waals surface area contributed by atoms with Crippen molar-refractivity contribution in [1.29, 1.82) is 0 Å². The van der Waals surface area contributed by atoms with Crippen LogP contribution in [-0.2, 0) is 20.8 Å². The van der Waals surface area contributed by atoms with Gasteiger partial charge in [0.15, 0.2) is 0 Å². The second-order valence-corrected chi connectivity index (χ2v) is 11.4. The third-order valence-electron chi connectivity index (χ3n) is 7.58. The molecule has 0 aromatic heterocycles. The number of amides is 3. The number of hydrogen-bond acceptors (Lipinski definition) is 4. The first kappa shape index (κ1) is 29.0. The Labute approximate surface area is 237 Å². The first-order chi connectivity index (χ1) is 19.0. The molecule has 7 heteroatoms. The van der Waals surface area contributed by atoms with Crippen LogP contribution < -0.4 is 11.1 Å². The lowest BCUT2D eigenvalue weighted by Gasteiger charge is -2.41. The molecule has 0 bridgehead atoms. The third-order valence-corrected chi connectivity index (χ3v) is 7.58. The highest BCUT2D eigenvalue weighted by atomic mass is 16.2. The molecule has 2 unspecified atom stereocenters. The highest BCUT2D eigenvalue weighted by Crippen LogP contribution is 2.29. The summed E-state index contributed by atoms with van der Waals surface area (Å²) in [7, 11) is 1.66. The van der Waals surface area contributed by atoms with Crippen LogP contribution in [0.3, 0.4) is 0 Å². The SMILES string of the molecule is CC(c1ccc2ccccc2c1)[C@H](C(=O)N1CCNC(=O)C1Cc1ccccc1)N(C)C(=O)/C=C/CC(C)(C)N. The summed E-state index contributed by atoms with van der Waals surface area (Å²) in [5.74, 6) is -1.02. The van der Waals surface area contributed by atoms with Crippen molar-refractivity contribution in [3.63, 3.8) is 0 Å². The van der Waals surface area contributed by atoms with Crippen LogP contribution >= 0.6 is 0 Å². The van der Waals surface area contributed by atoms with Gasteiger partial charge in [0.05, 0.1) is 0 Å². The van der Waals surface area contributed by atoms with Gasteiger partial charge in [0.2, 0.25) is 17.7 Å². The number of piperazine rings is 1. The number of nitrogens with one attached hydrogen (secondary N) is 1. The van der Waals surface area contributed by atoms with Gasteiger partial charge in [-0.25, -0.2) is 0 Å².